The van der Waals surface area contributed by atoms with E-state index in [-0.39, 0.29) is 0 Å². The molecule has 1 aromatic rings. The van der Waals surface area contributed by atoms with Crippen LogP contribution in [0.2, 0.25) is 5.02 Å². The minimum atomic E-state index is -0.501. The number of benzene rings is 1. The third-order valence-corrected chi connectivity index (χ3v) is 3.99. The Hall–Kier alpha value is -0.730. The summed E-state index contributed by atoms with van der Waals surface area (Å²) in [6, 6.07) is 5.84. The fourth-order valence-corrected chi connectivity index (χ4v) is 2.22. The van der Waals surface area contributed by atoms with Crippen molar-refractivity contribution in [2.75, 3.05) is 6.61 Å². The van der Waals surface area contributed by atoms with Gasteiger partial charge in [0, 0.05) is 6.42 Å². The molecule has 3 rings (SSSR count). The van der Waals surface area contributed by atoms with E-state index in [1.165, 1.54) is 12.8 Å². The van der Waals surface area contributed by atoms with Gasteiger partial charge in [-0.15, -0.1) is 0 Å². The maximum absolute atomic E-state index is 9.93. The molecule has 2 nitrogen and oxygen atoms in total. The van der Waals surface area contributed by atoms with Crippen LogP contribution in [0.3, 0.4) is 0 Å². The summed E-state index contributed by atoms with van der Waals surface area (Å²) < 4.78 is 5.72. The van der Waals surface area contributed by atoms with Crippen molar-refractivity contribution >= 4 is 11.6 Å². The van der Waals surface area contributed by atoms with Crippen molar-refractivity contribution in [1.82, 2.24) is 0 Å². The molecule has 0 heterocycles. The Morgan fingerprint density at radius 3 is 2.76 bits per heavy atom. The molecule has 0 radical (unpaired) electrons. The van der Waals surface area contributed by atoms with E-state index in [2.05, 4.69) is 0 Å². The Kier molecular flexibility index (Phi) is 2.80. The van der Waals surface area contributed by atoms with Crippen molar-refractivity contribution in [1.29, 1.82) is 0 Å². The van der Waals surface area contributed by atoms with Crippen LogP contribution in [0.25, 0.3) is 0 Å². The van der Waals surface area contributed by atoms with Gasteiger partial charge in [0.15, 0.2) is 0 Å². The van der Waals surface area contributed by atoms with E-state index in [1.54, 1.807) is 0 Å². The fourth-order valence-electron chi connectivity index (χ4n) is 1.97. The largest absolute Gasteiger partial charge is 0.492 e. The maximum Gasteiger partial charge on any atom is 0.138 e. The first kappa shape index (κ1) is 11.4. The van der Waals surface area contributed by atoms with Crippen molar-refractivity contribution in [3.8, 4) is 5.75 Å². The first-order valence-corrected chi connectivity index (χ1v) is 6.67. The van der Waals surface area contributed by atoms with Crippen LogP contribution in [0.4, 0.5) is 0 Å². The van der Waals surface area contributed by atoms with Gasteiger partial charge in [0.25, 0.3) is 0 Å². The minimum Gasteiger partial charge on any atom is -0.492 e. The predicted octanol–water partition coefficient (Wildman–Crippen LogP) is 3.20. The highest BCUT2D eigenvalue weighted by Gasteiger charge is 2.40. The quantitative estimate of drug-likeness (QED) is 0.872. The van der Waals surface area contributed by atoms with Crippen LogP contribution < -0.4 is 4.74 Å². The Morgan fingerprint density at radius 1 is 1.35 bits per heavy atom. The van der Waals surface area contributed by atoms with Gasteiger partial charge in [0.05, 0.1) is 17.2 Å². The van der Waals surface area contributed by atoms with Crippen LogP contribution in [0.15, 0.2) is 18.2 Å². The SMILES string of the molecule is OC1(Cc2cccc(OCC3CC3)c2Cl)CC1. The molecule has 2 aliphatic rings. The summed E-state index contributed by atoms with van der Waals surface area (Å²) in [5, 5.41) is 10.6. The fraction of sp³-hybridized carbons (Fsp3) is 0.571. The zero-order valence-corrected chi connectivity index (χ0v) is 10.5. The zero-order valence-electron chi connectivity index (χ0n) is 9.79. The molecule has 0 amide bonds. The monoisotopic (exact) mass is 252 g/mol. The van der Waals surface area contributed by atoms with Gasteiger partial charge in [-0.3, -0.25) is 0 Å². The number of ether oxygens (including phenoxy) is 1. The van der Waals surface area contributed by atoms with Gasteiger partial charge in [-0.1, -0.05) is 23.7 Å². The second-order valence-corrected chi connectivity index (χ2v) is 5.76. The molecular formula is C14H17ClO2. The predicted molar refractivity (Wildman–Crippen MR) is 67.6 cm³/mol. The Labute approximate surface area is 107 Å². The van der Waals surface area contributed by atoms with Gasteiger partial charge in [-0.2, -0.15) is 0 Å². The first-order valence-electron chi connectivity index (χ1n) is 6.29. The number of rotatable bonds is 5. The second kappa shape index (κ2) is 4.18. The maximum atomic E-state index is 9.93. The van der Waals surface area contributed by atoms with E-state index >= 15 is 0 Å². The molecule has 0 unspecified atom stereocenters. The van der Waals surface area contributed by atoms with Crippen molar-refractivity contribution in [2.45, 2.75) is 37.7 Å². The smallest absolute Gasteiger partial charge is 0.138 e. The third kappa shape index (κ3) is 2.75. The van der Waals surface area contributed by atoms with Crippen LogP contribution in [-0.4, -0.2) is 17.3 Å². The highest BCUT2D eigenvalue weighted by atomic mass is 35.5. The summed E-state index contributed by atoms with van der Waals surface area (Å²) >= 11 is 6.31. The molecule has 2 saturated carbocycles. The molecule has 0 aliphatic heterocycles. The lowest BCUT2D eigenvalue weighted by molar-refractivity contribution is 0.151. The first-order chi connectivity index (χ1) is 8.16. The van der Waals surface area contributed by atoms with Crippen LogP contribution in [0, 0.1) is 5.92 Å². The molecule has 92 valence electrons. The number of halogens is 1. The van der Waals surface area contributed by atoms with Crippen LogP contribution in [0.1, 0.15) is 31.2 Å². The lowest BCUT2D eigenvalue weighted by Gasteiger charge is -2.13. The molecule has 2 fully saturated rings. The minimum absolute atomic E-state index is 0.501. The average molecular weight is 253 g/mol. The highest BCUT2D eigenvalue weighted by molar-refractivity contribution is 6.32. The van der Waals surface area contributed by atoms with Gasteiger partial charge in [0.2, 0.25) is 0 Å². The highest BCUT2D eigenvalue weighted by Crippen LogP contribution is 2.41. The normalized spacial score (nSPS) is 21.3. The van der Waals surface area contributed by atoms with E-state index in [9.17, 15) is 5.11 Å². The summed E-state index contributed by atoms with van der Waals surface area (Å²) in [4.78, 5) is 0. The lowest BCUT2D eigenvalue weighted by Crippen LogP contribution is -2.11. The molecule has 0 bridgehead atoms. The molecule has 0 saturated heterocycles. The standard InChI is InChI=1S/C14H17ClO2/c15-13-11(8-14(16)6-7-14)2-1-3-12(13)17-9-10-4-5-10/h1-3,10,16H,4-9H2. The van der Waals surface area contributed by atoms with Gasteiger partial charge in [0.1, 0.15) is 5.75 Å². The third-order valence-electron chi connectivity index (χ3n) is 3.56. The summed E-state index contributed by atoms with van der Waals surface area (Å²) in [5.74, 6) is 1.49. The Morgan fingerprint density at radius 2 is 2.12 bits per heavy atom. The van der Waals surface area contributed by atoms with Crippen molar-refractivity contribution in [2.24, 2.45) is 5.92 Å². The topological polar surface area (TPSA) is 29.5 Å². The zero-order chi connectivity index (χ0) is 11.9. The summed E-state index contributed by atoms with van der Waals surface area (Å²) in [7, 11) is 0. The molecule has 0 spiro atoms. The lowest BCUT2D eigenvalue weighted by atomic mass is 10.1. The van der Waals surface area contributed by atoms with Crippen LogP contribution in [0.5, 0.6) is 5.75 Å². The van der Waals surface area contributed by atoms with Crippen molar-refractivity contribution < 1.29 is 9.84 Å². The van der Waals surface area contributed by atoms with E-state index in [1.807, 2.05) is 18.2 Å². The van der Waals surface area contributed by atoms with Crippen LogP contribution >= 0.6 is 11.6 Å². The van der Waals surface area contributed by atoms with Gasteiger partial charge in [-0.25, -0.2) is 0 Å². The van der Waals surface area contributed by atoms with Crippen molar-refractivity contribution in [3.05, 3.63) is 28.8 Å². The number of hydrogen-bond donors (Lipinski definition) is 1. The molecule has 3 heteroatoms. The molecule has 1 N–H and O–H groups in total. The number of hydrogen-bond acceptors (Lipinski definition) is 2. The molecule has 1 aromatic carbocycles. The molecule has 17 heavy (non-hydrogen) atoms. The van der Waals surface area contributed by atoms with E-state index < -0.39 is 5.60 Å². The van der Waals surface area contributed by atoms with Gasteiger partial charge < -0.3 is 9.84 Å². The second-order valence-electron chi connectivity index (χ2n) is 5.38. The average Bonchev–Trinajstić information content (AvgIpc) is 3.19. The molecular weight excluding hydrogens is 236 g/mol. The summed E-state index contributed by atoms with van der Waals surface area (Å²) in [6.45, 7) is 0.771. The summed E-state index contributed by atoms with van der Waals surface area (Å²) in [6.07, 6.45) is 4.97. The molecule has 2 aliphatic carbocycles. The van der Waals surface area contributed by atoms with Gasteiger partial charge in [-0.05, 0) is 43.2 Å². The Balaban J connectivity index is 1.71. The Bertz CT molecular complexity index is 422. The summed E-state index contributed by atoms with van der Waals surface area (Å²) in [5.41, 5.74) is 0.499. The van der Waals surface area contributed by atoms with E-state index in [0.29, 0.717) is 11.4 Å². The van der Waals surface area contributed by atoms with Crippen LogP contribution in [-0.2, 0) is 6.42 Å². The molecule has 0 atom stereocenters. The van der Waals surface area contributed by atoms with E-state index in [4.69, 9.17) is 16.3 Å². The van der Waals surface area contributed by atoms with Gasteiger partial charge >= 0.3 is 0 Å². The molecule has 0 aromatic heterocycles. The number of aliphatic hydroxyl groups is 1. The van der Waals surface area contributed by atoms with E-state index in [0.717, 1.165) is 36.7 Å². The van der Waals surface area contributed by atoms with Crippen molar-refractivity contribution in [3.63, 3.8) is 0 Å².